The number of amides is 4. The van der Waals surface area contributed by atoms with E-state index in [0.29, 0.717) is 26.2 Å². The van der Waals surface area contributed by atoms with Crippen LogP contribution in [0.3, 0.4) is 0 Å². The molecule has 4 heterocycles. The van der Waals surface area contributed by atoms with Crippen LogP contribution in [-0.2, 0) is 13.2 Å². The molecule has 0 aliphatic carbocycles. The number of nitrogens with one attached hydrogen (secondary N) is 3. The van der Waals surface area contributed by atoms with Crippen molar-refractivity contribution in [2.75, 3.05) is 44.6 Å². The van der Waals surface area contributed by atoms with Crippen LogP contribution < -0.4 is 16.0 Å². The topological polar surface area (TPSA) is 129 Å². The molecule has 2 aliphatic heterocycles. The monoisotopic (exact) mass is 605 g/mol. The molecule has 2 saturated heterocycles. The number of carbonyl (C=O) groups excluding carboxylic acids is 3. The second-order valence-corrected chi connectivity index (χ2v) is 10.2. The number of halogens is 4. The minimum Gasteiger partial charge on any atom is -0.335 e. The number of hydrogen-bond acceptors (Lipinski definition) is 6. The third-order valence-corrected chi connectivity index (χ3v) is 7.39. The van der Waals surface area contributed by atoms with E-state index < -0.39 is 17.8 Å². The smallest absolute Gasteiger partial charge is 0.335 e. The van der Waals surface area contributed by atoms with E-state index in [-0.39, 0.29) is 51.3 Å². The number of imidazole rings is 1. The lowest BCUT2D eigenvalue weighted by Crippen LogP contribution is -2.61. The van der Waals surface area contributed by atoms with Crippen molar-refractivity contribution in [2.45, 2.75) is 12.2 Å². The van der Waals surface area contributed by atoms with Gasteiger partial charge < -0.3 is 30.3 Å². The van der Waals surface area contributed by atoms with Gasteiger partial charge in [0.2, 0.25) is 0 Å². The molecule has 0 unspecified atom stereocenters. The summed E-state index contributed by atoms with van der Waals surface area (Å²) in [6.45, 7) is 6.36. The summed E-state index contributed by atoms with van der Waals surface area (Å²) >= 11 is 6.40. The minimum atomic E-state index is -4.73. The highest BCUT2D eigenvalue weighted by molar-refractivity contribution is 6.34. The standard InChI is InChI=1S/C26H27ClF3N9O3/c1-3-39-14-18(21(35-39)26(28,29)30)20-13-32-22(36(20)2)23(40)33-15-4-5-17(19(27)10-15)24(41)37-6-8-38(9-7-37)25(42)34-16-11-31-12-16/h3-5,10,13-14,16,31H,1,6-9,11-12H2,2H3,(H,33,40)(H,34,42). The number of carbonyl (C=O) groups is 3. The van der Waals surface area contributed by atoms with Gasteiger partial charge in [-0.15, -0.1) is 0 Å². The fourth-order valence-electron chi connectivity index (χ4n) is 4.65. The van der Waals surface area contributed by atoms with E-state index in [4.69, 9.17) is 11.6 Å². The number of anilines is 1. The van der Waals surface area contributed by atoms with Gasteiger partial charge in [-0.1, -0.05) is 18.2 Å². The minimum absolute atomic E-state index is 0.0252. The molecule has 1 aromatic carbocycles. The Morgan fingerprint density at radius 1 is 1.14 bits per heavy atom. The predicted molar refractivity (Wildman–Crippen MR) is 148 cm³/mol. The molecule has 42 heavy (non-hydrogen) atoms. The Labute approximate surface area is 243 Å². The number of rotatable bonds is 6. The van der Waals surface area contributed by atoms with Crippen molar-refractivity contribution < 1.29 is 27.6 Å². The number of urea groups is 1. The normalized spacial score (nSPS) is 15.7. The van der Waals surface area contributed by atoms with Gasteiger partial charge in [0.1, 0.15) is 0 Å². The highest BCUT2D eigenvalue weighted by atomic mass is 35.5. The van der Waals surface area contributed by atoms with Gasteiger partial charge >= 0.3 is 12.2 Å². The largest absolute Gasteiger partial charge is 0.435 e. The van der Waals surface area contributed by atoms with Gasteiger partial charge in [0.25, 0.3) is 11.8 Å². The van der Waals surface area contributed by atoms with Gasteiger partial charge in [0.15, 0.2) is 11.5 Å². The molecule has 16 heteroatoms. The van der Waals surface area contributed by atoms with Crippen molar-refractivity contribution in [3.8, 4) is 11.3 Å². The summed E-state index contributed by atoms with van der Waals surface area (Å²) in [5.74, 6) is -1.16. The maximum atomic E-state index is 13.5. The highest BCUT2D eigenvalue weighted by Crippen LogP contribution is 2.36. The van der Waals surface area contributed by atoms with E-state index in [2.05, 4.69) is 32.6 Å². The summed E-state index contributed by atoms with van der Waals surface area (Å²) in [7, 11) is 1.41. The molecule has 5 rings (SSSR count). The average Bonchev–Trinajstić information content (AvgIpc) is 3.54. The van der Waals surface area contributed by atoms with Crippen LogP contribution in [0.1, 0.15) is 26.7 Å². The molecule has 2 fully saturated rings. The van der Waals surface area contributed by atoms with Crippen LogP contribution in [0, 0.1) is 0 Å². The molecule has 4 amide bonds. The van der Waals surface area contributed by atoms with Crippen LogP contribution >= 0.6 is 11.6 Å². The van der Waals surface area contributed by atoms with Crippen molar-refractivity contribution in [2.24, 2.45) is 7.05 Å². The molecule has 0 radical (unpaired) electrons. The summed E-state index contributed by atoms with van der Waals surface area (Å²) in [5.41, 5.74) is -0.892. The van der Waals surface area contributed by atoms with Gasteiger partial charge in [-0.25, -0.2) is 14.5 Å². The van der Waals surface area contributed by atoms with E-state index in [1.54, 1.807) is 9.80 Å². The molecular weight excluding hydrogens is 579 g/mol. The molecule has 0 spiro atoms. The highest BCUT2D eigenvalue weighted by Gasteiger charge is 2.38. The maximum Gasteiger partial charge on any atom is 0.435 e. The number of alkyl halides is 3. The van der Waals surface area contributed by atoms with Crippen molar-refractivity contribution >= 4 is 41.3 Å². The lowest BCUT2D eigenvalue weighted by Gasteiger charge is -2.37. The summed E-state index contributed by atoms with van der Waals surface area (Å²) < 4.78 is 42.8. The Kier molecular flexibility index (Phi) is 7.97. The first-order chi connectivity index (χ1) is 20.0. The lowest BCUT2D eigenvalue weighted by molar-refractivity contribution is -0.140. The molecule has 0 atom stereocenters. The van der Waals surface area contributed by atoms with Crippen LogP contribution in [0.5, 0.6) is 0 Å². The molecular formula is C26H27ClF3N9O3. The summed E-state index contributed by atoms with van der Waals surface area (Å²) in [6, 6.07) is 4.35. The van der Waals surface area contributed by atoms with Crippen molar-refractivity contribution in [3.05, 3.63) is 59.3 Å². The van der Waals surface area contributed by atoms with Gasteiger partial charge in [0.05, 0.1) is 34.1 Å². The molecule has 12 nitrogen and oxygen atoms in total. The van der Waals surface area contributed by atoms with E-state index in [1.807, 2.05) is 0 Å². The molecule has 2 aromatic heterocycles. The van der Waals surface area contributed by atoms with Gasteiger partial charge in [0, 0.05) is 64.4 Å². The zero-order chi connectivity index (χ0) is 30.2. The lowest BCUT2D eigenvalue weighted by atomic mass is 10.1. The van der Waals surface area contributed by atoms with Gasteiger partial charge in [-0.05, 0) is 18.2 Å². The quantitative estimate of drug-likeness (QED) is 0.396. The van der Waals surface area contributed by atoms with Crippen LogP contribution in [0.2, 0.25) is 5.02 Å². The van der Waals surface area contributed by atoms with Crippen LogP contribution in [0.15, 0.2) is 37.2 Å². The average molecular weight is 606 g/mol. The molecule has 3 N–H and O–H groups in total. The molecule has 2 aliphatic rings. The molecule has 0 bridgehead atoms. The number of aromatic nitrogens is 4. The number of hydrogen-bond donors (Lipinski definition) is 3. The third-order valence-electron chi connectivity index (χ3n) is 7.08. The van der Waals surface area contributed by atoms with Crippen molar-refractivity contribution in [1.29, 1.82) is 0 Å². The van der Waals surface area contributed by atoms with Crippen molar-refractivity contribution in [1.82, 2.24) is 39.8 Å². The molecule has 0 saturated carbocycles. The van der Waals surface area contributed by atoms with Crippen molar-refractivity contribution in [3.63, 3.8) is 0 Å². The summed E-state index contributed by atoms with van der Waals surface area (Å²) in [6.07, 6.45) is -1.32. The predicted octanol–water partition coefficient (Wildman–Crippen LogP) is 2.75. The van der Waals surface area contributed by atoms with Crippen LogP contribution in [0.25, 0.3) is 17.5 Å². The first-order valence-corrected chi connectivity index (χ1v) is 13.3. The Balaban J connectivity index is 1.24. The fourth-order valence-corrected chi connectivity index (χ4v) is 4.91. The number of benzene rings is 1. The second kappa shape index (κ2) is 11.5. The first kappa shape index (κ1) is 29.1. The summed E-state index contributed by atoms with van der Waals surface area (Å²) in [5, 5.41) is 12.2. The number of nitrogens with zero attached hydrogens (tertiary/aromatic N) is 6. The zero-order valence-corrected chi connectivity index (χ0v) is 23.2. The Bertz CT molecular complexity index is 1540. The van der Waals surface area contributed by atoms with Gasteiger partial charge in [-0.3, -0.25) is 9.59 Å². The SMILES string of the molecule is C=Cn1cc(-c2cnc(C(=O)Nc3ccc(C(=O)N4CCN(C(=O)NC5CNC5)CC4)c(Cl)c3)n2C)c(C(F)(F)F)n1. The third kappa shape index (κ3) is 5.83. The van der Waals surface area contributed by atoms with E-state index in [0.717, 1.165) is 36.4 Å². The zero-order valence-electron chi connectivity index (χ0n) is 22.4. The second-order valence-electron chi connectivity index (χ2n) is 9.81. The fraction of sp³-hybridized carbons (Fsp3) is 0.346. The van der Waals surface area contributed by atoms with Gasteiger partial charge in [-0.2, -0.15) is 18.3 Å². The first-order valence-electron chi connectivity index (χ1n) is 12.9. The Hall–Kier alpha value is -4.37. The van der Waals surface area contributed by atoms with E-state index in [1.165, 1.54) is 29.8 Å². The number of piperazine rings is 1. The summed E-state index contributed by atoms with van der Waals surface area (Å²) in [4.78, 5) is 45.7. The van der Waals surface area contributed by atoms with Crippen LogP contribution in [0.4, 0.5) is 23.7 Å². The van der Waals surface area contributed by atoms with E-state index >= 15 is 0 Å². The molecule has 3 aromatic rings. The Morgan fingerprint density at radius 3 is 2.43 bits per heavy atom. The molecule has 222 valence electrons. The van der Waals surface area contributed by atoms with E-state index in [9.17, 15) is 27.6 Å². The maximum absolute atomic E-state index is 13.5. The van der Waals surface area contributed by atoms with Crippen LogP contribution in [-0.4, -0.2) is 92.3 Å². The Morgan fingerprint density at radius 2 is 1.83 bits per heavy atom.